The van der Waals surface area contributed by atoms with E-state index in [9.17, 15) is 0 Å². The first-order valence-electron chi connectivity index (χ1n) is 5.03. The van der Waals surface area contributed by atoms with Crippen molar-refractivity contribution in [2.24, 2.45) is 5.41 Å². The van der Waals surface area contributed by atoms with E-state index in [0.29, 0.717) is 5.41 Å². The SMILES string of the molecule is C=C(CS)CN1CCCC(C)(C)C1. The molecule has 0 aliphatic carbocycles. The molecular weight excluding hydrogens is 178 g/mol. The largest absolute Gasteiger partial charge is 0.299 e. The highest BCUT2D eigenvalue weighted by Crippen LogP contribution is 2.28. The molecule has 2 heteroatoms. The summed E-state index contributed by atoms with van der Waals surface area (Å²) in [6.07, 6.45) is 2.68. The maximum absolute atomic E-state index is 4.23. The summed E-state index contributed by atoms with van der Waals surface area (Å²) in [4.78, 5) is 2.50. The number of rotatable bonds is 3. The van der Waals surface area contributed by atoms with Gasteiger partial charge in [0.2, 0.25) is 0 Å². The summed E-state index contributed by atoms with van der Waals surface area (Å²) in [7, 11) is 0. The van der Waals surface area contributed by atoms with Crippen LogP contribution >= 0.6 is 12.6 Å². The van der Waals surface area contributed by atoms with Gasteiger partial charge in [0.15, 0.2) is 0 Å². The standard InChI is InChI=1S/C11H21NS/c1-10(8-13)7-12-6-4-5-11(2,3)9-12/h13H,1,4-9H2,2-3H3. The van der Waals surface area contributed by atoms with Gasteiger partial charge in [0.1, 0.15) is 0 Å². The Kier molecular flexibility index (Phi) is 3.87. The van der Waals surface area contributed by atoms with Crippen molar-refractivity contribution < 1.29 is 0 Å². The summed E-state index contributed by atoms with van der Waals surface area (Å²) in [6.45, 7) is 12.2. The van der Waals surface area contributed by atoms with Crippen LogP contribution in [0, 0.1) is 5.41 Å². The zero-order valence-corrected chi connectivity index (χ0v) is 9.74. The van der Waals surface area contributed by atoms with E-state index < -0.39 is 0 Å². The second kappa shape index (κ2) is 4.52. The van der Waals surface area contributed by atoms with Gasteiger partial charge in [-0.1, -0.05) is 26.0 Å². The molecule has 0 amide bonds. The van der Waals surface area contributed by atoms with Gasteiger partial charge in [0, 0.05) is 18.8 Å². The van der Waals surface area contributed by atoms with E-state index >= 15 is 0 Å². The third-order valence-electron chi connectivity index (χ3n) is 2.65. The first-order chi connectivity index (χ1) is 6.03. The van der Waals surface area contributed by atoms with Gasteiger partial charge in [-0.15, -0.1) is 0 Å². The molecule has 1 aliphatic heterocycles. The fraction of sp³-hybridized carbons (Fsp3) is 0.818. The van der Waals surface area contributed by atoms with E-state index in [1.54, 1.807) is 0 Å². The van der Waals surface area contributed by atoms with E-state index in [2.05, 4.69) is 38.0 Å². The van der Waals surface area contributed by atoms with Crippen LogP contribution in [0.2, 0.25) is 0 Å². The molecule has 1 aliphatic rings. The quantitative estimate of drug-likeness (QED) is 0.540. The normalized spacial score (nSPS) is 23.0. The Labute approximate surface area is 87.6 Å². The summed E-state index contributed by atoms with van der Waals surface area (Å²) >= 11 is 4.23. The Morgan fingerprint density at radius 3 is 2.77 bits per heavy atom. The van der Waals surface area contributed by atoms with Crippen molar-refractivity contribution in [2.75, 3.05) is 25.4 Å². The molecule has 1 nitrogen and oxygen atoms in total. The van der Waals surface area contributed by atoms with Crippen LogP contribution in [-0.4, -0.2) is 30.3 Å². The van der Waals surface area contributed by atoms with Gasteiger partial charge in [-0.05, 0) is 24.8 Å². The molecule has 1 rings (SSSR count). The number of nitrogens with zero attached hydrogens (tertiary/aromatic N) is 1. The van der Waals surface area contributed by atoms with Crippen LogP contribution in [0.25, 0.3) is 0 Å². The van der Waals surface area contributed by atoms with Crippen molar-refractivity contribution in [3.63, 3.8) is 0 Å². The average Bonchev–Trinajstić information content (AvgIpc) is 2.02. The van der Waals surface area contributed by atoms with Crippen LogP contribution in [0.3, 0.4) is 0 Å². The Bertz CT molecular complexity index is 187. The Hall–Kier alpha value is 0.0500. The third-order valence-corrected chi connectivity index (χ3v) is 3.10. The molecule has 0 bridgehead atoms. The van der Waals surface area contributed by atoms with Crippen molar-refractivity contribution >= 4 is 12.6 Å². The van der Waals surface area contributed by atoms with Crippen LogP contribution in [-0.2, 0) is 0 Å². The first kappa shape index (κ1) is 11.1. The highest BCUT2D eigenvalue weighted by atomic mass is 32.1. The summed E-state index contributed by atoms with van der Waals surface area (Å²) < 4.78 is 0. The minimum Gasteiger partial charge on any atom is -0.299 e. The van der Waals surface area contributed by atoms with Crippen LogP contribution < -0.4 is 0 Å². The predicted octanol–water partition coefficient (Wildman–Crippen LogP) is 2.59. The van der Waals surface area contributed by atoms with Crippen LogP contribution in [0.15, 0.2) is 12.2 Å². The molecule has 1 fully saturated rings. The Morgan fingerprint density at radius 2 is 2.23 bits per heavy atom. The predicted molar refractivity (Wildman–Crippen MR) is 62.4 cm³/mol. The van der Waals surface area contributed by atoms with Gasteiger partial charge in [0.25, 0.3) is 0 Å². The minimum atomic E-state index is 0.495. The van der Waals surface area contributed by atoms with E-state index in [1.165, 1.54) is 31.5 Å². The minimum absolute atomic E-state index is 0.495. The molecule has 0 spiro atoms. The lowest BCUT2D eigenvalue weighted by Gasteiger charge is -2.38. The van der Waals surface area contributed by atoms with Crippen molar-refractivity contribution in [1.29, 1.82) is 0 Å². The van der Waals surface area contributed by atoms with E-state index in [0.717, 1.165) is 12.3 Å². The lowest BCUT2D eigenvalue weighted by Crippen LogP contribution is -2.40. The van der Waals surface area contributed by atoms with E-state index in [-0.39, 0.29) is 0 Å². The number of hydrogen-bond acceptors (Lipinski definition) is 2. The molecule has 76 valence electrons. The fourth-order valence-corrected chi connectivity index (χ4v) is 2.15. The third kappa shape index (κ3) is 3.74. The molecule has 13 heavy (non-hydrogen) atoms. The second-order valence-corrected chi connectivity index (χ2v) is 5.20. The van der Waals surface area contributed by atoms with Crippen LogP contribution in [0.4, 0.5) is 0 Å². The molecule has 1 saturated heterocycles. The van der Waals surface area contributed by atoms with Crippen molar-refractivity contribution in [3.8, 4) is 0 Å². The summed E-state index contributed by atoms with van der Waals surface area (Å²) in [5, 5.41) is 0. The summed E-state index contributed by atoms with van der Waals surface area (Å²) in [5.41, 5.74) is 1.73. The van der Waals surface area contributed by atoms with Crippen LogP contribution in [0.1, 0.15) is 26.7 Å². The lowest BCUT2D eigenvalue weighted by molar-refractivity contribution is 0.127. The van der Waals surface area contributed by atoms with Gasteiger partial charge in [-0.3, -0.25) is 4.90 Å². The van der Waals surface area contributed by atoms with Gasteiger partial charge in [0.05, 0.1) is 0 Å². The first-order valence-corrected chi connectivity index (χ1v) is 5.67. The average molecular weight is 199 g/mol. The fourth-order valence-electron chi connectivity index (χ4n) is 2.05. The maximum atomic E-state index is 4.23. The lowest BCUT2D eigenvalue weighted by atomic mass is 9.84. The highest BCUT2D eigenvalue weighted by molar-refractivity contribution is 7.80. The molecule has 0 atom stereocenters. The number of thiol groups is 1. The zero-order chi connectivity index (χ0) is 9.90. The van der Waals surface area contributed by atoms with Gasteiger partial charge in [-0.2, -0.15) is 12.6 Å². The topological polar surface area (TPSA) is 3.24 Å². The van der Waals surface area contributed by atoms with Crippen molar-refractivity contribution in [1.82, 2.24) is 4.90 Å². The zero-order valence-electron chi connectivity index (χ0n) is 8.84. The molecule has 0 aromatic rings. The monoisotopic (exact) mass is 199 g/mol. The van der Waals surface area contributed by atoms with E-state index in [4.69, 9.17) is 0 Å². The molecule has 0 aromatic heterocycles. The molecule has 0 saturated carbocycles. The van der Waals surface area contributed by atoms with Gasteiger partial charge in [-0.25, -0.2) is 0 Å². The Balaban J connectivity index is 2.39. The Morgan fingerprint density at radius 1 is 1.54 bits per heavy atom. The maximum Gasteiger partial charge on any atom is 0.0198 e. The van der Waals surface area contributed by atoms with Crippen molar-refractivity contribution in [3.05, 3.63) is 12.2 Å². The van der Waals surface area contributed by atoms with Crippen LogP contribution in [0.5, 0.6) is 0 Å². The van der Waals surface area contributed by atoms with E-state index in [1.807, 2.05) is 0 Å². The summed E-state index contributed by atoms with van der Waals surface area (Å²) in [6, 6.07) is 0. The number of hydrogen-bond donors (Lipinski definition) is 1. The number of likely N-dealkylation sites (tertiary alicyclic amines) is 1. The molecule has 0 unspecified atom stereocenters. The molecule has 0 radical (unpaired) electrons. The van der Waals surface area contributed by atoms with Crippen molar-refractivity contribution in [2.45, 2.75) is 26.7 Å². The molecule has 0 aromatic carbocycles. The molecule has 0 N–H and O–H groups in total. The second-order valence-electron chi connectivity index (χ2n) is 4.89. The van der Waals surface area contributed by atoms with Gasteiger partial charge < -0.3 is 0 Å². The molecule has 1 heterocycles. The highest BCUT2D eigenvalue weighted by Gasteiger charge is 2.25. The number of piperidine rings is 1. The summed E-state index contributed by atoms with van der Waals surface area (Å²) in [5.74, 6) is 0.816. The van der Waals surface area contributed by atoms with Gasteiger partial charge >= 0.3 is 0 Å². The molecular formula is C11H21NS. The smallest absolute Gasteiger partial charge is 0.0198 e.